The third-order valence-electron chi connectivity index (χ3n) is 2.20. The predicted octanol–water partition coefficient (Wildman–Crippen LogP) is 1.92. The quantitative estimate of drug-likeness (QED) is 0.829. The topological polar surface area (TPSA) is 86.0 Å². The van der Waals surface area contributed by atoms with Crippen molar-refractivity contribution < 1.29 is 4.74 Å². The third kappa shape index (κ3) is 3.07. The fraction of sp³-hybridized carbons (Fsp3) is 0.364. The molecule has 0 atom stereocenters. The maximum atomic E-state index is 5.94. The van der Waals surface area contributed by atoms with Crippen molar-refractivity contribution in [2.75, 3.05) is 17.7 Å². The summed E-state index contributed by atoms with van der Waals surface area (Å²) in [5, 5.41) is 3.15. The van der Waals surface area contributed by atoms with Gasteiger partial charge in [0.15, 0.2) is 5.82 Å². The lowest BCUT2D eigenvalue weighted by Gasteiger charge is -2.10. The number of thiazole rings is 1. The highest BCUT2D eigenvalue weighted by molar-refractivity contribution is 7.09. The van der Waals surface area contributed by atoms with Crippen molar-refractivity contribution >= 4 is 22.8 Å². The van der Waals surface area contributed by atoms with Crippen molar-refractivity contribution in [2.45, 2.75) is 19.9 Å². The number of nitrogens with zero attached hydrogens (tertiary/aromatic N) is 3. The second kappa shape index (κ2) is 6.15. The summed E-state index contributed by atoms with van der Waals surface area (Å²) in [7, 11) is 0. The van der Waals surface area contributed by atoms with Crippen LogP contribution >= 0.6 is 11.3 Å². The first kappa shape index (κ1) is 12.6. The molecule has 0 amide bonds. The Balaban J connectivity index is 2.03. The molecule has 0 bridgehead atoms. The maximum absolute atomic E-state index is 5.94. The molecule has 7 heteroatoms. The summed E-state index contributed by atoms with van der Waals surface area (Å²) < 4.78 is 5.44. The zero-order valence-corrected chi connectivity index (χ0v) is 10.9. The summed E-state index contributed by atoms with van der Waals surface area (Å²) >= 11 is 1.58. The van der Waals surface area contributed by atoms with Crippen LogP contribution in [-0.4, -0.2) is 21.6 Å². The molecule has 0 spiro atoms. The van der Waals surface area contributed by atoms with Gasteiger partial charge >= 0.3 is 0 Å². The van der Waals surface area contributed by atoms with E-state index in [0.717, 1.165) is 11.3 Å². The number of hydrogen-bond donors (Lipinski definition) is 2. The molecule has 0 aliphatic heterocycles. The number of aromatic nitrogens is 3. The molecule has 0 saturated heterocycles. The van der Waals surface area contributed by atoms with Gasteiger partial charge in [-0.25, -0.2) is 4.98 Å². The fourth-order valence-electron chi connectivity index (χ4n) is 1.33. The third-order valence-corrected chi connectivity index (χ3v) is 2.98. The number of nitrogen functional groups attached to an aromatic ring is 1. The standard InChI is InChI=1S/C11H15N5OS/c1-2-3-17-11-9(12)10(15-6-16-11)14-5-8-4-13-7-18-8/h4,6-7H,2-3,5,12H2,1H3,(H,14,15,16). The van der Waals surface area contributed by atoms with Crippen LogP contribution in [0.5, 0.6) is 5.88 Å². The first-order valence-corrected chi connectivity index (χ1v) is 6.53. The molecule has 3 N–H and O–H groups in total. The predicted molar refractivity (Wildman–Crippen MR) is 71.7 cm³/mol. The number of hydrogen-bond acceptors (Lipinski definition) is 7. The van der Waals surface area contributed by atoms with E-state index < -0.39 is 0 Å². The van der Waals surface area contributed by atoms with Gasteiger partial charge in [0.25, 0.3) is 0 Å². The minimum atomic E-state index is 0.429. The first-order valence-electron chi connectivity index (χ1n) is 5.65. The Morgan fingerprint density at radius 2 is 2.33 bits per heavy atom. The molecule has 0 fully saturated rings. The van der Waals surface area contributed by atoms with Crippen molar-refractivity contribution in [3.63, 3.8) is 0 Å². The minimum absolute atomic E-state index is 0.429. The monoisotopic (exact) mass is 265 g/mol. The first-order chi connectivity index (χ1) is 8.81. The number of anilines is 2. The van der Waals surface area contributed by atoms with Crippen LogP contribution in [0, 0.1) is 0 Å². The molecule has 6 nitrogen and oxygen atoms in total. The maximum Gasteiger partial charge on any atom is 0.242 e. The van der Waals surface area contributed by atoms with Crippen LogP contribution in [-0.2, 0) is 6.54 Å². The Kier molecular flexibility index (Phi) is 4.30. The van der Waals surface area contributed by atoms with Crippen LogP contribution in [0.2, 0.25) is 0 Å². The van der Waals surface area contributed by atoms with Crippen molar-refractivity contribution in [3.05, 3.63) is 22.9 Å². The van der Waals surface area contributed by atoms with Crippen molar-refractivity contribution in [1.82, 2.24) is 15.0 Å². The summed E-state index contributed by atoms with van der Waals surface area (Å²) in [5.74, 6) is 1.02. The molecule has 2 aromatic heterocycles. The largest absolute Gasteiger partial charge is 0.476 e. The van der Waals surface area contributed by atoms with Gasteiger partial charge in [0.05, 0.1) is 18.7 Å². The lowest BCUT2D eigenvalue weighted by Crippen LogP contribution is -2.07. The Morgan fingerprint density at radius 3 is 3.06 bits per heavy atom. The highest BCUT2D eigenvalue weighted by Gasteiger charge is 2.08. The summed E-state index contributed by atoms with van der Waals surface area (Å²) in [6.07, 6.45) is 4.16. The van der Waals surface area contributed by atoms with E-state index in [1.165, 1.54) is 6.33 Å². The van der Waals surface area contributed by atoms with Gasteiger partial charge in [-0.1, -0.05) is 6.92 Å². The van der Waals surface area contributed by atoms with E-state index in [1.807, 2.05) is 13.1 Å². The molecular weight excluding hydrogens is 250 g/mol. The Morgan fingerprint density at radius 1 is 1.44 bits per heavy atom. The van der Waals surface area contributed by atoms with Gasteiger partial charge in [0.1, 0.15) is 12.0 Å². The van der Waals surface area contributed by atoms with Crippen LogP contribution in [0.15, 0.2) is 18.0 Å². The van der Waals surface area contributed by atoms with Crippen LogP contribution in [0.1, 0.15) is 18.2 Å². The van der Waals surface area contributed by atoms with Crippen molar-refractivity contribution in [3.8, 4) is 5.88 Å². The molecular formula is C11H15N5OS. The van der Waals surface area contributed by atoms with Crippen LogP contribution in [0.4, 0.5) is 11.5 Å². The number of rotatable bonds is 6. The molecule has 0 unspecified atom stereocenters. The number of nitrogens with one attached hydrogen (secondary N) is 1. The van der Waals surface area contributed by atoms with Crippen LogP contribution in [0.3, 0.4) is 0 Å². The van der Waals surface area contributed by atoms with Crippen molar-refractivity contribution in [2.24, 2.45) is 0 Å². The summed E-state index contributed by atoms with van der Waals surface area (Å²) in [6, 6.07) is 0. The molecule has 0 aromatic carbocycles. The SMILES string of the molecule is CCCOc1ncnc(NCc2cncs2)c1N. The highest BCUT2D eigenvalue weighted by atomic mass is 32.1. The summed E-state index contributed by atoms with van der Waals surface area (Å²) in [4.78, 5) is 13.2. The Hall–Kier alpha value is -1.89. The Labute approximate surface area is 109 Å². The average Bonchev–Trinajstić information content (AvgIpc) is 2.89. The molecule has 2 rings (SSSR count). The van der Waals surface area contributed by atoms with Crippen LogP contribution in [0.25, 0.3) is 0 Å². The van der Waals surface area contributed by atoms with E-state index in [-0.39, 0.29) is 0 Å². The summed E-state index contributed by atoms with van der Waals surface area (Å²) in [6.45, 7) is 3.26. The van der Waals surface area contributed by atoms with E-state index in [9.17, 15) is 0 Å². The van der Waals surface area contributed by atoms with Gasteiger partial charge in [-0.05, 0) is 6.42 Å². The zero-order chi connectivity index (χ0) is 12.8. The van der Waals surface area contributed by atoms with Gasteiger partial charge in [-0.3, -0.25) is 4.98 Å². The summed E-state index contributed by atoms with van der Waals surface area (Å²) in [5.41, 5.74) is 8.17. The van der Waals surface area contributed by atoms with Gasteiger partial charge in [-0.15, -0.1) is 11.3 Å². The van der Waals surface area contributed by atoms with Gasteiger partial charge < -0.3 is 15.8 Å². The molecule has 0 aliphatic carbocycles. The molecule has 0 saturated carbocycles. The van der Waals surface area contributed by atoms with E-state index in [1.54, 1.807) is 16.8 Å². The van der Waals surface area contributed by atoms with Crippen molar-refractivity contribution in [1.29, 1.82) is 0 Å². The number of nitrogens with two attached hydrogens (primary N) is 1. The molecule has 0 aliphatic rings. The average molecular weight is 265 g/mol. The molecule has 2 heterocycles. The molecule has 0 radical (unpaired) electrons. The fourth-order valence-corrected chi connectivity index (χ4v) is 1.87. The molecule has 2 aromatic rings. The molecule has 96 valence electrons. The van der Waals surface area contributed by atoms with E-state index >= 15 is 0 Å². The second-order valence-electron chi connectivity index (χ2n) is 3.61. The molecule has 18 heavy (non-hydrogen) atoms. The smallest absolute Gasteiger partial charge is 0.242 e. The van der Waals surface area contributed by atoms with E-state index in [4.69, 9.17) is 10.5 Å². The van der Waals surface area contributed by atoms with Gasteiger partial charge in [0, 0.05) is 11.1 Å². The second-order valence-corrected chi connectivity index (χ2v) is 4.58. The number of ether oxygens (including phenoxy) is 1. The zero-order valence-electron chi connectivity index (χ0n) is 10.1. The van der Waals surface area contributed by atoms with Gasteiger partial charge in [-0.2, -0.15) is 4.98 Å². The highest BCUT2D eigenvalue weighted by Crippen LogP contribution is 2.25. The normalized spacial score (nSPS) is 10.3. The van der Waals surface area contributed by atoms with Gasteiger partial charge in [0.2, 0.25) is 5.88 Å². The lowest BCUT2D eigenvalue weighted by atomic mass is 10.4. The van der Waals surface area contributed by atoms with E-state index in [2.05, 4.69) is 20.3 Å². The lowest BCUT2D eigenvalue weighted by molar-refractivity contribution is 0.306. The van der Waals surface area contributed by atoms with E-state index in [0.29, 0.717) is 30.5 Å². The van der Waals surface area contributed by atoms with Crippen LogP contribution < -0.4 is 15.8 Å². The Bertz CT molecular complexity index is 488. The minimum Gasteiger partial charge on any atom is -0.476 e.